The van der Waals surface area contributed by atoms with E-state index in [1.807, 2.05) is 0 Å². The van der Waals surface area contributed by atoms with Crippen LogP contribution in [0.15, 0.2) is 12.1 Å². The molecule has 0 bridgehead atoms. The minimum atomic E-state index is -0.989. The second-order valence-electron chi connectivity index (χ2n) is 6.07. The fourth-order valence-electron chi connectivity index (χ4n) is 3.24. The fraction of sp³-hybridized carbons (Fsp3) is 0.211. The number of aromatic hydroxyl groups is 4. The highest BCUT2D eigenvalue weighted by Crippen LogP contribution is 2.47. The molecule has 1 aliphatic rings. The van der Waals surface area contributed by atoms with Crippen LogP contribution in [0.2, 0.25) is 0 Å². The van der Waals surface area contributed by atoms with Crippen LogP contribution in [-0.2, 0) is 0 Å². The molecule has 1 aliphatic carbocycles. The minimum absolute atomic E-state index is 0.00551. The van der Waals surface area contributed by atoms with Gasteiger partial charge in [-0.3, -0.25) is 14.4 Å². The second-order valence-corrected chi connectivity index (χ2v) is 6.07. The second kappa shape index (κ2) is 6.31. The molecule has 0 spiro atoms. The molecular formula is C19H16O8. The van der Waals surface area contributed by atoms with Gasteiger partial charge in [-0.25, -0.2) is 0 Å². The number of Topliss-reactive ketones (excluding diaryl/α,β-unsaturated/α-hetero) is 1. The van der Waals surface area contributed by atoms with Crippen LogP contribution in [0.25, 0.3) is 0 Å². The molecule has 0 atom stereocenters. The molecule has 8 nitrogen and oxygen atoms in total. The van der Waals surface area contributed by atoms with Gasteiger partial charge in [0.2, 0.25) is 5.78 Å². The van der Waals surface area contributed by atoms with E-state index in [1.165, 1.54) is 7.11 Å². The van der Waals surface area contributed by atoms with Crippen molar-refractivity contribution in [2.45, 2.75) is 19.8 Å². The zero-order chi connectivity index (χ0) is 20.0. The van der Waals surface area contributed by atoms with Gasteiger partial charge in [-0.1, -0.05) is 6.92 Å². The summed E-state index contributed by atoms with van der Waals surface area (Å²) < 4.78 is 4.89. The number of fused-ring (bicyclic) bond motifs is 2. The molecule has 3 rings (SSSR count). The van der Waals surface area contributed by atoms with Crippen LogP contribution in [0.1, 0.15) is 62.0 Å². The van der Waals surface area contributed by atoms with E-state index in [2.05, 4.69) is 0 Å². The molecule has 2 aromatic rings. The Hall–Kier alpha value is -3.55. The first-order valence-electron chi connectivity index (χ1n) is 8.08. The third-order valence-electron chi connectivity index (χ3n) is 4.41. The van der Waals surface area contributed by atoms with E-state index in [9.17, 15) is 34.8 Å². The number of carbonyl (C=O) groups is 3. The van der Waals surface area contributed by atoms with Crippen LogP contribution < -0.4 is 4.74 Å². The van der Waals surface area contributed by atoms with Crippen molar-refractivity contribution < 1.29 is 39.5 Å². The molecule has 4 N–H and O–H groups in total. The number of phenolic OH excluding ortho intramolecular Hbond substituents is 4. The van der Waals surface area contributed by atoms with E-state index < -0.39 is 68.2 Å². The molecule has 8 heteroatoms. The topological polar surface area (TPSA) is 141 Å². The number of hydrogen-bond acceptors (Lipinski definition) is 8. The maximum Gasteiger partial charge on any atom is 0.202 e. The van der Waals surface area contributed by atoms with Gasteiger partial charge >= 0.3 is 0 Å². The lowest BCUT2D eigenvalue weighted by Crippen LogP contribution is -2.24. The molecule has 0 amide bonds. The summed E-state index contributed by atoms with van der Waals surface area (Å²) in [5.74, 6) is -5.47. The molecule has 0 fully saturated rings. The lowest BCUT2D eigenvalue weighted by molar-refractivity contribution is 0.0949. The number of rotatable bonds is 4. The Morgan fingerprint density at radius 2 is 1.44 bits per heavy atom. The van der Waals surface area contributed by atoms with Crippen molar-refractivity contribution in [2.75, 3.05) is 7.11 Å². The molecule has 27 heavy (non-hydrogen) atoms. The standard InChI is InChI=1S/C19H16O8/c1-3-4-7(20)12-8(21)5-9(22)13-15(12)19(26)16-14(18(13)25)10(23)6-11(27-2)17(16)24/h5-6,21-24H,3-4H2,1-2H3. The minimum Gasteiger partial charge on any atom is -0.507 e. The van der Waals surface area contributed by atoms with Crippen molar-refractivity contribution in [1.29, 1.82) is 0 Å². The molecule has 0 aliphatic heterocycles. The maximum absolute atomic E-state index is 13.1. The van der Waals surface area contributed by atoms with Gasteiger partial charge in [0.1, 0.15) is 17.2 Å². The highest BCUT2D eigenvalue weighted by atomic mass is 16.5. The summed E-state index contributed by atoms with van der Waals surface area (Å²) in [6.07, 6.45) is 0.418. The molecule has 0 saturated carbocycles. The largest absolute Gasteiger partial charge is 0.507 e. The predicted molar refractivity (Wildman–Crippen MR) is 92.2 cm³/mol. The van der Waals surface area contributed by atoms with Crippen molar-refractivity contribution in [3.8, 4) is 28.7 Å². The average molecular weight is 372 g/mol. The van der Waals surface area contributed by atoms with Crippen molar-refractivity contribution in [3.63, 3.8) is 0 Å². The summed E-state index contributed by atoms with van der Waals surface area (Å²) in [6.45, 7) is 1.72. The van der Waals surface area contributed by atoms with E-state index in [4.69, 9.17) is 4.74 Å². The number of carbonyl (C=O) groups excluding carboxylic acids is 3. The van der Waals surface area contributed by atoms with E-state index in [0.29, 0.717) is 6.42 Å². The normalized spacial score (nSPS) is 12.5. The predicted octanol–water partition coefficient (Wildman–Crippen LogP) is 2.28. The summed E-state index contributed by atoms with van der Waals surface area (Å²) in [7, 11) is 1.19. The molecule has 0 heterocycles. The number of benzene rings is 2. The van der Waals surface area contributed by atoms with E-state index in [0.717, 1.165) is 12.1 Å². The Bertz CT molecular complexity index is 1020. The van der Waals surface area contributed by atoms with Crippen LogP contribution in [0.4, 0.5) is 0 Å². The van der Waals surface area contributed by atoms with E-state index in [-0.39, 0.29) is 12.2 Å². The Morgan fingerprint density at radius 1 is 0.889 bits per heavy atom. The SMILES string of the molecule is CCCC(=O)c1c(O)cc(O)c2c1C(=O)c1c(O)c(OC)cc(O)c1C2=O. The third-order valence-corrected chi connectivity index (χ3v) is 4.41. The first kappa shape index (κ1) is 18.2. The summed E-state index contributed by atoms with van der Waals surface area (Å²) in [4.78, 5) is 38.4. The Labute approximate surface area is 153 Å². The molecule has 2 aromatic carbocycles. The van der Waals surface area contributed by atoms with Crippen LogP contribution in [-0.4, -0.2) is 44.9 Å². The summed E-state index contributed by atoms with van der Waals surface area (Å²) in [6, 6.07) is 1.77. The van der Waals surface area contributed by atoms with E-state index in [1.54, 1.807) is 6.92 Å². The molecule has 0 aromatic heterocycles. The van der Waals surface area contributed by atoms with Gasteiger partial charge in [0, 0.05) is 18.6 Å². The molecule has 0 unspecified atom stereocenters. The van der Waals surface area contributed by atoms with Gasteiger partial charge in [-0.05, 0) is 6.42 Å². The Balaban J connectivity index is 2.42. The van der Waals surface area contributed by atoms with Crippen molar-refractivity contribution in [1.82, 2.24) is 0 Å². The quantitative estimate of drug-likeness (QED) is 0.404. The van der Waals surface area contributed by atoms with Crippen LogP contribution in [0.3, 0.4) is 0 Å². The van der Waals surface area contributed by atoms with Crippen LogP contribution in [0.5, 0.6) is 28.7 Å². The third kappa shape index (κ3) is 2.49. The molecule has 0 radical (unpaired) electrons. The lowest BCUT2D eigenvalue weighted by atomic mass is 9.79. The smallest absolute Gasteiger partial charge is 0.202 e. The Morgan fingerprint density at radius 3 is 2.04 bits per heavy atom. The van der Waals surface area contributed by atoms with E-state index >= 15 is 0 Å². The Kier molecular flexibility index (Phi) is 4.27. The highest BCUT2D eigenvalue weighted by molar-refractivity contribution is 6.34. The number of hydrogen-bond donors (Lipinski definition) is 4. The highest BCUT2D eigenvalue weighted by Gasteiger charge is 2.41. The summed E-state index contributed by atoms with van der Waals surface area (Å²) >= 11 is 0. The van der Waals surface area contributed by atoms with Crippen LogP contribution in [0, 0.1) is 0 Å². The molecular weight excluding hydrogens is 356 g/mol. The summed E-state index contributed by atoms with van der Waals surface area (Å²) in [5, 5.41) is 40.8. The van der Waals surface area contributed by atoms with Gasteiger partial charge in [-0.2, -0.15) is 0 Å². The summed E-state index contributed by atoms with van der Waals surface area (Å²) in [5.41, 5.74) is -2.49. The van der Waals surface area contributed by atoms with Crippen molar-refractivity contribution in [2.24, 2.45) is 0 Å². The monoisotopic (exact) mass is 372 g/mol. The van der Waals surface area contributed by atoms with Crippen LogP contribution >= 0.6 is 0 Å². The molecule has 0 saturated heterocycles. The number of methoxy groups -OCH3 is 1. The fourth-order valence-corrected chi connectivity index (χ4v) is 3.24. The lowest BCUT2D eigenvalue weighted by Gasteiger charge is -2.23. The number of ether oxygens (including phenoxy) is 1. The van der Waals surface area contributed by atoms with Gasteiger partial charge in [0.15, 0.2) is 23.1 Å². The van der Waals surface area contributed by atoms with Crippen molar-refractivity contribution in [3.05, 3.63) is 39.9 Å². The zero-order valence-corrected chi connectivity index (χ0v) is 14.5. The number of phenols is 4. The zero-order valence-electron chi connectivity index (χ0n) is 14.5. The van der Waals surface area contributed by atoms with Gasteiger partial charge in [0.05, 0.1) is 34.9 Å². The average Bonchev–Trinajstić information content (AvgIpc) is 2.60. The first-order chi connectivity index (χ1) is 12.7. The van der Waals surface area contributed by atoms with Gasteiger partial charge < -0.3 is 25.2 Å². The molecule has 140 valence electrons. The van der Waals surface area contributed by atoms with Crippen molar-refractivity contribution >= 4 is 17.3 Å². The first-order valence-corrected chi connectivity index (χ1v) is 8.08. The van der Waals surface area contributed by atoms with Gasteiger partial charge in [-0.15, -0.1) is 0 Å². The maximum atomic E-state index is 13.1. The number of ketones is 3. The van der Waals surface area contributed by atoms with Gasteiger partial charge in [0.25, 0.3) is 0 Å².